The molecule has 0 saturated heterocycles. The van der Waals surface area contributed by atoms with Crippen molar-refractivity contribution in [1.82, 2.24) is 0 Å². The van der Waals surface area contributed by atoms with Crippen molar-refractivity contribution in [3.05, 3.63) is 17.7 Å². The van der Waals surface area contributed by atoms with Crippen LogP contribution in [0.15, 0.2) is 12.1 Å². The van der Waals surface area contributed by atoms with Crippen LogP contribution in [-0.2, 0) is 4.79 Å². The lowest BCUT2D eigenvalue weighted by molar-refractivity contribution is -0.147. The smallest absolute Gasteiger partial charge is 0.309 e. The maximum absolute atomic E-state index is 11.0. The number of hydrogen-bond acceptors (Lipinski definition) is 4. The molecule has 5 heteroatoms. The minimum absolute atomic E-state index is 0.409. The van der Waals surface area contributed by atoms with Crippen LogP contribution in [0.4, 0.5) is 0 Å². The quantitative estimate of drug-likeness (QED) is 0.746. The Morgan fingerprint density at radius 1 is 1.19 bits per heavy atom. The van der Waals surface area contributed by atoms with Gasteiger partial charge >= 0.3 is 5.97 Å². The summed E-state index contributed by atoms with van der Waals surface area (Å²) in [4.78, 5) is 11.0. The first kappa shape index (κ1) is 17.1. The molecule has 21 heavy (non-hydrogen) atoms. The van der Waals surface area contributed by atoms with Crippen molar-refractivity contribution >= 4 is 5.97 Å². The van der Waals surface area contributed by atoms with Gasteiger partial charge in [0.05, 0.1) is 26.2 Å². The number of carboxylic acid groups (broad SMARTS) is 1. The Bertz CT molecular complexity index is 468. The molecule has 1 aromatic carbocycles. The highest BCUT2D eigenvalue weighted by Crippen LogP contribution is 2.38. The number of aryl methyl sites for hydroxylation is 1. The van der Waals surface area contributed by atoms with Crippen molar-refractivity contribution in [2.75, 3.05) is 20.8 Å². The molecule has 0 aromatic heterocycles. The lowest BCUT2D eigenvalue weighted by Gasteiger charge is -2.19. The molecule has 0 amide bonds. The minimum Gasteiger partial charge on any atom is -0.493 e. The third kappa shape index (κ3) is 4.55. The highest BCUT2D eigenvalue weighted by atomic mass is 16.5. The fraction of sp³-hybridized carbons (Fsp3) is 0.562. The first-order chi connectivity index (χ1) is 9.81. The molecule has 0 bridgehead atoms. The number of hydrogen-bond donors (Lipinski definition) is 1. The van der Waals surface area contributed by atoms with E-state index in [0.717, 1.165) is 5.56 Å². The van der Waals surface area contributed by atoms with Crippen LogP contribution in [0.25, 0.3) is 0 Å². The molecule has 0 fully saturated rings. The molecule has 0 aliphatic rings. The molecule has 0 aliphatic heterocycles. The predicted octanol–water partition coefficient (Wildman–Crippen LogP) is 3.28. The number of methoxy groups -OCH3 is 2. The van der Waals surface area contributed by atoms with Crippen molar-refractivity contribution in [1.29, 1.82) is 0 Å². The van der Waals surface area contributed by atoms with E-state index in [4.69, 9.17) is 19.3 Å². The molecule has 5 nitrogen and oxygen atoms in total. The number of aliphatic carboxylic acids is 1. The number of ether oxygens (including phenoxy) is 3. The molecular formula is C16H24O5. The summed E-state index contributed by atoms with van der Waals surface area (Å²) >= 11 is 0. The highest BCUT2D eigenvalue weighted by Gasteiger charge is 2.26. The van der Waals surface area contributed by atoms with Crippen LogP contribution in [0.3, 0.4) is 0 Å². The summed E-state index contributed by atoms with van der Waals surface area (Å²) in [5.41, 5.74) is 0.271. The molecule has 1 aromatic rings. The molecular weight excluding hydrogens is 272 g/mol. The van der Waals surface area contributed by atoms with Crippen LogP contribution in [0.5, 0.6) is 17.2 Å². The summed E-state index contributed by atoms with van der Waals surface area (Å²) < 4.78 is 16.3. The van der Waals surface area contributed by atoms with Gasteiger partial charge in [-0.1, -0.05) is 0 Å². The van der Waals surface area contributed by atoms with Gasteiger partial charge in [-0.15, -0.1) is 0 Å². The van der Waals surface area contributed by atoms with Crippen LogP contribution in [0.1, 0.15) is 32.3 Å². The summed E-state index contributed by atoms with van der Waals surface area (Å²) in [7, 11) is 3.16. The summed E-state index contributed by atoms with van der Waals surface area (Å²) in [5.74, 6) is 0.986. The van der Waals surface area contributed by atoms with Gasteiger partial charge in [-0.2, -0.15) is 0 Å². The number of rotatable bonds is 8. The zero-order valence-corrected chi connectivity index (χ0v) is 13.4. The van der Waals surface area contributed by atoms with Gasteiger partial charge in [-0.05, 0) is 51.3 Å². The van der Waals surface area contributed by atoms with E-state index in [1.807, 2.05) is 19.1 Å². The van der Waals surface area contributed by atoms with Crippen LogP contribution in [-0.4, -0.2) is 31.9 Å². The van der Waals surface area contributed by atoms with E-state index in [0.29, 0.717) is 36.7 Å². The lowest BCUT2D eigenvalue weighted by atomic mass is 9.88. The monoisotopic (exact) mass is 296 g/mol. The molecule has 1 N–H and O–H groups in total. The Morgan fingerprint density at radius 2 is 1.71 bits per heavy atom. The average molecular weight is 296 g/mol. The Labute approximate surface area is 125 Å². The van der Waals surface area contributed by atoms with Crippen LogP contribution in [0.2, 0.25) is 0 Å². The van der Waals surface area contributed by atoms with Crippen molar-refractivity contribution in [2.24, 2.45) is 5.41 Å². The molecule has 0 radical (unpaired) electrons. The molecule has 118 valence electrons. The largest absolute Gasteiger partial charge is 0.493 e. The van der Waals surface area contributed by atoms with Gasteiger partial charge in [0, 0.05) is 0 Å². The molecule has 0 unspecified atom stereocenters. The van der Waals surface area contributed by atoms with Gasteiger partial charge in [-0.3, -0.25) is 4.79 Å². The topological polar surface area (TPSA) is 65.0 Å². The summed E-state index contributed by atoms with van der Waals surface area (Å²) in [5, 5.41) is 9.07. The third-order valence-corrected chi connectivity index (χ3v) is 3.38. The molecule has 1 rings (SSSR count). The molecule has 0 aliphatic carbocycles. The zero-order valence-electron chi connectivity index (χ0n) is 13.4. The zero-order chi connectivity index (χ0) is 16.0. The maximum atomic E-state index is 11.0. The first-order valence-corrected chi connectivity index (χ1v) is 6.90. The first-order valence-electron chi connectivity index (χ1n) is 6.90. The molecule has 0 saturated carbocycles. The Kier molecular flexibility index (Phi) is 5.88. The molecule has 0 atom stereocenters. The maximum Gasteiger partial charge on any atom is 0.309 e. The Morgan fingerprint density at radius 3 is 2.14 bits per heavy atom. The second kappa shape index (κ2) is 7.20. The normalized spacial score (nSPS) is 11.1. The van der Waals surface area contributed by atoms with E-state index >= 15 is 0 Å². The van der Waals surface area contributed by atoms with Gasteiger partial charge in [0.1, 0.15) is 0 Å². The van der Waals surface area contributed by atoms with E-state index in [2.05, 4.69) is 0 Å². The number of carbonyl (C=O) groups is 1. The van der Waals surface area contributed by atoms with Gasteiger partial charge in [0.2, 0.25) is 5.75 Å². The second-order valence-electron chi connectivity index (χ2n) is 5.64. The van der Waals surface area contributed by atoms with Crippen molar-refractivity contribution < 1.29 is 24.1 Å². The fourth-order valence-electron chi connectivity index (χ4n) is 1.95. The van der Waals surface area contributed by atoms with Crippen LogP contribution < -0.4 is 14.2 Å². The van der Waals surface area contributed by atoms with E-state index in [9.17, 15) is 4.79 Å². The van der Waals surface area contributed by atoms with Gasteiger partial charge in [0.15, 0.2) is 11.5 Å². The third-order valence-electron chi connectivity index (χ3n) is 3.38. The number of benzene rings is 1. The van der Waals surface area contributed by atoms with E-state index in [1.54, 1.807) is 28.1 Å². The number of carboxylic acids is 1. The summed E-state index contributed by atoms with van der Waals surface area (Å²) in [6, 6.07) is 3.75. The van der Waals surface area contributed by atoms with Gasteiger partial charge in [-0.25, -0.2) is 0 Å². The standard InChI is InChI=1S/C16H24O5/c1-11-9-12(19-4)14(13(10-11)20-5)21-8-6-7-16(2,3)15(17)18/h9-10H,6-8H2,1-5H3,(H,17,18). The lowest BCUT2D eigenvalue weighted by Crippen LogP contribution is -2.24. The SMILES string of the molecule is COc1cc(C)cc(OC)c1OCCCC(C)(C)C(=O)O. The van der Waals surface area contributed by atoms with E-state index in [-0.39, 0.29) is 0 Å². The van der Waals surface area contributed by atoms with Crippen molar-refractivity contribution in [2.45, 2.75) is 33.6 Å². The molecule has 0 spiro atoms. The van der Waals surface area contributed by atoms with Crippen LogP contribution in [0, 0.1) is 12.3 Å². The minimum atomic E-state index is -0.798. The van der Waals surface area contributed by atoms with Crippen molar-refractivity contribution in [3.63, 3.8) is 0 Å². The predicted molar refractivity (Wildman–Crippen MR) is 80.4 cm³/mol. The second-order valence-corrected chi connectivity index (χ2v) is 5.64. The average Bonchev–Trinajstić information content (AvgIpc) is 2.43. The van der Waals surface area contributed by atoms with Gasteiger partial charge < -0.3 is 19.3 Å². The fourth-order valence-corrected chi connectivity index (χ4v) is 1.95. The van der Waals surface area contributed by atoms with Crippen LogP contribution >= 0.6 is 0 Å². The van der Waals surface area contributed by atoms with Crippen molar-refractivity contribution in [3.8, 4) is 17.2 Å². The van der Waals surface area contributed by atoms with E-state index < -0.39 is 11.4 Å². The Balaban J connectivity index is 2.69. The highest BCUT2D eigenvalue weighted by molar-refractivity contribution is 5.73. The van der Waals surface area contributed by atoms with Gasteiger partial charge in [0.25, 0.3) is 0 Å². The Hall–Kier alpha value is -1.91. The summed E-state index contributed by atoms with van der Waals surface area (Å²) in [6.45, 7) is 5.78. The summed E-state index contributed by atoms with van der Waals surface area (Å²) in [6.07, 6.45) is 1.18. The molecule has 0 heterocycles. The van der Waals surface area contributed by atoms with E-state index in [1.165, 1.54) is 0 Å².